The molecule has 148 valence electrons. The van der Waals surface area contributed by atoms with Gasteiger partial charge in [-0.15, -0.1) is 11.3 Å². The molecule has 1 amide bonds. The molecule has 0 bridgehead atoms. The molecule has 1 aliphatic heterocycles. The lowest BCUT2D eigenvalue weighted by Crippen LogP contribution is -2.53. The summed E-state index contributed by atoms with van der Waals surface area (Å²) in [5.74, 6) is 0.179. The largest absolute Gasteiger partial charge is 0.341 e. The van der Waals surface area contributed by atoms with Crippen LogP contribution in [0.25, 0.3) is 10.2 Å². The number of amides is 1. The Morgan fingerprint density at radius 3 is 2.78 bits per heavy atom. The van der Waals surface area contributed by atoms with E-state index in [2.05, 4.69) is 16.6 Å². The molecule has 1 aliphatic rings. The average Bonchev–Trinajstić information content (AvgIpc) is 2.98. The fourth-order valence-corrected chi connectivity index (χ4v) is 5.78. The molecule has 1 saturated heterocycles. The Labute approximate surface area is 165 Å². The number of rotatable bonds is 5. The number of nitrogens with zero attached hydrogens (tertiary/aromatic N) is 2. The van der Waals surface area contributed by atoms with Crippen LogP contribution in [0, 0.1) is 18.8 Å². The van der Waals surface area contributed by atoms with E-state index in [0.29, 0.717) is 19.0 Å². The number of thiazole rings is 1. The first-order valence-electron chi connectivity index (χ1n) is 9.35. The van der Waals surface area contributed by atoms with Crippen molar-refractivity contribution >= 4 is 37.5 Å². The van der Waals surface area contributed by atoms with Crippen LogP contribution >= 0.6 is 11.3 Å². The highest BCUT2D eigenvalue weighted by atomic mass is 32.2. The van der Waals surface area contributed by atoms with Gasteiger partial charge < -0.3 is 4.90 Å². The lowest BCUT2D eigenvalue weighted by atomic mass is 9.97. The molecule has 1 aromatic heterocycles. The van der Waals surface area contributed by atoms with Crippen LogP contribution in [-0.2, 0) is 14.8 Å². The number of nitrogens with one attached hydrogen (secondary N) is 1. The van der Waals surface area contributed by atoms with E-state index in [-0.39, 0.29) is 16.7 Å². The number of likely N-dealkylation sites (tertiary alicyclic amines) is 1. The van der Waals surface area contributed by atoms with Gasteiger partial charge in [0.2, 0.25) is 15.9 Å². The molecule has 0 aliphatic carbocycles. The van der Waals surface area contributed by atoms with E-state index in [1.807, 2.05) is 20.8 Å². The smallest absolute Gasteiger partial charge is 0.241 e. The van der Waals surface area contributed by atoms with E-state index in [4.69, 9.17) is 0 Å². The minimum absolute atomic E-state index is 0.130. The monoisotopic (exact) mass is 409 g/mol. The zero-order valence-corrected chi connectivity index (χ0v) is 17.9. The fourth-order valence-electron chi connectivity index (χ4n) is 3.48. The van der Waals surface area contributed by atoms with Crippen LogP contribution in [0.15, 0.2) is 23.1 Å². The highest BCUT2D eigenvalue weighted by molar-refractivity contribution is 7.89. The lowest BCUT2D eigenvalue weighted by Gasteiger charge is -2.34. The van der Waals surface area contributed by atoms with Crippen molar-refractivity contribution in [2.75, 3.05) is 13.1 Å². The average molecular weight is 410 g/mol. The molecule has 2 aromatic rings. The number of benzene rings is 1. The predicted octanol–water partition coefficient (Wildman–Crippen LogP) is 3.17. The molecule has 27 heavy (non-hydrogen) atoms. The first kappa shape index (κ1) is 20.2. The zero-order chi connectivity index (χ0) is 19.8. The standard InChI is InChI=1S/C19H27N3O3S2/c1-12(2)18(19(23)22-9-5-6-13(3)11-22)21-27(24,25)15-7-8-16-17(10-15)26-14(4)20-16/h7-8,10,12-13,18,21H,5-6,9,11H2,1-4H3. The van der Waals surface area contributed by atoms with Gasteiger partial charge in [-0.05, 0) is 49.8 Å². The molecule has 3 rings (SSSR count). The number of carbonyl (C=O) groups is 1. The summed E-state index contributed by atoms with van der Waals surface area (Å²) >= 11 is 1.46. The maximum Gasteiger partial charge on any atom is 0.241 e. The van der Waals surface area contributed by atoms with E-state index >= 15 is 0 Å². The van der Waals surface area contributed by atoms with Crippen molar-refractivity contribution in [1.82, 2.24) is 14.6 Å². The zero-order valence-electron chi connectivity index (χ0n) is 16.2. The van der Waals surface area contributed by atoms with Gasteiger partial charge in [0.15, 0.2) is 0 Å². The van der Waals surface area contributed by atoms with E-state index in [1.54, 1.807) is 23.1 Å². The molecule has 6 nitrogen and oxygen atoms in total. The molecule has 2 unspecified atom stereocenters. The SMILES string of the molecule is Cc1nc2ccc(S(=O)(=O)NC(C(=O)N3CCCC(C)C3)C(C)C)cc2s1. The Bertz CT molecular complexity index is 937. The van der Waals surface area contributed by atoms with E-state index in [1.165, 1.54) is 11.3 Å². The number of aromatic nitrogens is 1. The summed E-state index contributed by atoms with van der Waals surface area (Å²) in [5, 5.41) is 0.891. The van der Waals surface area contributed by atoms with Crippen molar-refractivity contribution in [3.05, 3.63) is 23.2 Å². The fraction of sp³-hybridized carbons (Fsp3) is 0.579. The van der Waals surface area contributed by atoms with E-state index < -0.39 is 16.1 Å². The van der Waals surface area contributed by atoms with Crippen LogP contribution in [0.2, 0.25) is 0 Å². The van der Waals surface area contributed by atoms with Crippen molar-refractivity contribution in [3.63, 3.8) is 0 Å². The molecule has 0 radical (unpaired) electrons. The summed E-state index contributed by atoms with van der Waals surface area (Å²) in [6, 6.07) is 4.13. The van der Waals surface area contributed by atoms with Gasteiger partial charge in [-0.3, -0.25) is 4.79 Å². The van der Waals surface area contributed by atoms with Crippen LogP contribution in [0.5, 0.6) is 0 Å². The Morgan fingerprint density at radius 1 is 1.37 bits per heavy atom. The summed E-state index contributed by atoms with van der Waals surface area (Å²) in [6.07, 6.45) is 2.07. The van der Waals surface area contributed by atoms with Gasteiger partial charge in [0.05, 0.1) is 20.1 Å². The molecular formula is C19H27N3O3S2. The quantitative estimate of drug-likeness (QED) is 0.823. The summed E-state index contributed by atoms with van der Waals surface area (Å²) in [6.45, 7) is 9.14. The van der Waals surface area contributed by atoms with Crippen LogP contribution in [-0.4, -0.2) is 43.3 Å². The van der Waals surface area contributed by atoms with Crippen molar-refractivity contribution in [2.45, 2.75) is 51.5 Å². The van der Waals surface area contributed by atoms with Gasteiger partial charge in [-0.2, -0.15) is 4.72 Å². The molecule has 0 spiro atoms. The second-order valence-corrected chi connectivity index (χ2v) is 10.7. The summed E-state index contributed by atoms with van der Waals surface area (Å²) < 4.78 is 29.4. The number of fused-ring (bicyclic) bond motifs is 1. The molecule has 2 atom stereocenters. The first-order chi connectivity index (χ1) is 12.7. The minimum atomic E-state index is -3.80. The minimum Gasteiger partial charge on any atom is -0.341 e. The van der Waals surface area contributed by atoms with Crippen LogP contribution in [0.3, 0.4) is 0 Å². The number of hydrogen-bond donors (Lipinski definition) is 1. The third-order valence-electron chi connectivity index (χ3n) is 4.96. The van der Waals surface area contributed by atoms with E-state index in [0.717, 1.165) is 28.1 Å². The summed E-state index contributed by atoms with van der Waals surface area (Å²) in [4.78, 5) is 19.3. The molecule has 0 saturated carbocycles. The summed E-state index contributed by atoms with van der Waals surface area (Å²) in [5.41, 5.74) is 0.787. The van der Waals surface area contributed by atoms with Gasteiger partial charge in [0.1, 0.15) is 6.04 Å². The Balaban J connectivity index is 1.84. The third kappa shape index (κ3) is 4.50. The van der Waals surface area contributed by atoms with Gasteiger partial charge in [0, 0.05) is 13.1 Å². The predicted molar refractivity (Wildman–Crippen MR) is 108 cm³/mol. The Hall–Kier alpha value is -1.51. The van der Waals surface area contributed by atoms with Crippen molar-refractivity contribution in [2.24, 2.45) is 11.8 Å². The molecular weight excluding hydrogens is 382 g/mol. The number of aryl methyl sites for hydroxylation is 1. The number of piperidine rings is 1. The van der Waals surface area contributed by atoms with Gasteiger partial charge in [-0.1, -0.05) is 20.8 Å². The highest BCUT2D eigenvalue weighted by Crippen LogP contribution is 2.25. The van der Waals surface area contributed by atoms with Gasteiger partial charge >= 0.3 is 0 Å². The van der Waals surface area contributed by atoms with Crippen LogP contribution in [0.1, 0.15) is 38.6 Å². The van der Waals surface area contributed by atoms with Gasteiger partial charge in [0.25, 0.3) is 0 Å². The van der Waals surface area contributed by atoms with Crippen LogP contribution < -0.4 is 4.72 Å². The van der Waals surface area contributed by atoms with Crippen LogP contribution in [0.4, 0.5) is 0 Å². The Morgan fingerprint density at radius 2 is 2.11 bits per heavy atom. The maximum absolute atomic E-state index is 13.0. The summed E-state index contributed by atoms with van der Waals surface area (Å²) in [7, 11) is -3.80. The third-order valence-corrected chi connectivity index (χ3v) is 7.33. The topological polar surface area (TPSA) is 79.4 Å². The number of hydrogen-bond acceptors (Lipinski definition) is 5. The molecule has 1 fully saturated rings. The van der Waals surface area contributed by atoms with Crippen molar-refractivity contribution in [3.8, 4) is 0 Å². The van der Waals surface area contributed by atoms with E-state index in [9.17, 15) is 13.2 Å². The maximum atomic E-state index is 13.0. The first-order valence-corrected chi connectivity index (χ1v) is 11.7. The number of sulfonamides is 1. The van der Waals surface area contributed by atoms with Gasteiger partial charge in [-0.25, -0.2) is 13.4 Å². The van der Waals surface area contributed by atoms with Crippen molar-refractivity contribution < 1.29 is 13.2 Å². The van der Waals surface area contributed by atoms with Crippen molar-refractivity contribution in [1.29, 1.82) is 0 Å². The molecule has 1 aromatic carbocycles. The lowest BCUT2D eigenvalue weighted by molar-refractivity contribution is -0.135. The Kier molecular flexibility index (Phi) is 5.88. The second kappa shape index (κ2) is 7.85. The highest BCUT2D eigenvalue weighted by Gasteiger charge is 2.33. The molecule has 2 heterocycles. The normalized spacial score (nSPS) is 19.6. The molecule has 8 heteroatoms. The molecule has 1 N–H and O–H groups in total. The second-order valence-electron chi connectivity index (χ2n) is 7.74. The number of carbonyl (C=O) groups excluding carboxylic acids is 1.